The van der Waals surface area contributed by atoms with Crippen LogP contribution in [0.5, 0.6) is 0 Å². The molecular formula is C9H10AcN-. The number of nitrogens with one attached hydrogen (secondary N) is 1. The van der Waals surface area contributed by atoms with E-state index in [9.17, 15) is 0 Å². The van der Waals surface area contributed by atoms with E-state index >= 15 is 0 Å². The van der Waals surface area contributed by atoms with E-state index in [-0.39, 0.29) is 44.1 Å². The zero-order chi connectivity index (χ0) is 7.40. The molecule has 0 aromatic heterocycles. The Morgan fingerprint density at radius 2 is 1.82 bits per heavy atom. The molecular weight excluding hydrogens is 349 g/mol. The molecule has 2 heteroatoms. The average molecular weight is 359 g/mol. The molecule has 1 N–H and O–H groups in total. The first-order valence-electron chi connectivity index (χ1n) is 3.28. The summed E-state index contributed by atoms with van der Waals surface area (Å²) in [5.74, 6) is 0. The van der Waals surface area contributed by atoms with Crippen LogP contribution >= 0.6 is 0 Å². The second-order valence-corrected chi connectivity index (χ2v) is 2.07. The summed E-state index contributed by atoms with van der Waals surface area (Å²) < 4.78 is 0. The summed E-state index contributed by atoms with van der Waals surface area (Å²) in [5.41, 5.74) is 8.98. The molecule has 0 aliphatic rings. The van der Waals surface area contributed by atoms with Crippen LogP contribution in [-0.4, -0.2) is 0 Å². The van der Waals surface area contributed by atoms with Gasteiger partial charge in [-0.3, -0.25) is 0 Å². The fourth-order valence-electron chi connectivity index (χ4n) is 0.784. The summed E-state index contributed by atoms with van der Waals surface area (Å²) in [6.45, 7) is 1.87. The smallest absolute Gasteiger partial charge is 0 e. The zero-order valence-electron chi connectivity index (χ0n) is 6.54. The predicted molar refractivity (Wildman–Crippen MR) is 44.4 cm³/mol. The zero-order valence-corrected chi connectivity index (χ0v) is 11.3. The Morgan fingerprint density at radius 3 is 2.27 bits per heavy atom. The maximum Gasteiger partial charge on any atom is 0 e. The summed E-state index contributed by atoms with van der Waals surface area (Å²) in [5, 5.41) is 0. The van der Waals surface area contributed by atoms with E-state index in [0.717, 1.165) is 5.56 Å². The fraction of sp³-hybridized carbons (Fsp3) is 0.111. The summed E-state index contributed by atoms with van der Waals surface area (Å²) in [6.07, 6.45) is 1.79. The molecule has 0 aliphatic heterocycles. The van der Waals surface area contributed by atoms with Gasteiger partial charge in [0.2, 0.25) is 0 Å². The van der Waals surface area contributed by atoms with E-state index < -0.39 is 0 Å². The van der Waals surface area contributed by atoms with Gasteiger partial charge in [-0.2, -0.15) is 0 Å². The Bertz CT molecular complexity index is 229. The standard InChI is InChI=1S/C9H10N.Ac/c1-2-9(10)8-6-4-3-5-7-8;/h2-7,10H,1H3;/q-1;/b9-2+;. The third-order valence-electron chi connectivity index (χ3n) is 1.37. The predicted octanol–water partition coefficient (Wildman–Crippen LogP) is 3.10. The minimum Gasteiger partial charge on any atom is -0.699 e. The van der Waals surface area contributed by atoms with E-state index in [1.807, 2.05) is 37.3 Å². The van der Waals surface area contributed by atoms with Crippen molar-refractivity contribution >= 4 is 5.70 Å². The molecule has 0 atom stereocenters. The van der Waals surface area contributed by atoms with Crippen LogP contribution in [0, 0.1) is 44.1 Å². The van der Waals surface area contributed by atoms with E-state index in [0.29, 0.717) is 5.70 Å². The molecule has 0 amide bonds. The first-order chi connectivity index (χ1) is 4.84. The minimum absolute atomic E-state index is 0. The monoisotopic (exact) mass is 359 g/mol. The van der Waals surface area contributed by atoms with Crippen LogP contribution in [0.15, 0.2) is 36.4 Å². The Hall–Kier alpha value is 0.202. The molecule has 0 aliphatic carbocycles. The molecule has 0 heterocycles. The maximum atomic E-state index is 7.42. The van der Waals surface area contributed by atoms with Crippen LogP contribution in [0.2, 0.25) is 0 Å². The number of allylic oxidation sites excluding steroid dienone is 1. The number of rotatable bonds is 1. The molecule has 0 unspecified atom stereocenters. The minimum atomic E-state index is 0. The van der Waals surface area contributed by atoms with E-state index in [1.165, 1.54) is 0 Å². The molecule has 0 bridgehead atoms. The molecule has 11 heavy (non-hydrogen) atoms. The Labute approximate surface area is 103 Å². The van der Waals surface area contributed by atoms with Gasteiger partial charge in [0.25, 0.3) is 0 Å². The fourth-order valence-corrected chi connectivity index (χ4v) is 0.784. The van der Waals surface area contributed by atoms with Gasteiger partial charge < -0.3 is 5.73 Å². The first-order valence-corrected chi connectivity index (χ1v) is 3.28. The van der Waals surface area contributed by atoms with Gasteiger partial charge in [0.1, 0.15) is 0 Å². The van der Waals surface area contributed by atoms with Gasteiger partial charge >= 0.3 is 0 Å². The molecule has 1 radical (unpaired) electrons. The van der Waals surface area contributed by atoms with Crippen molar-refractivity contribution in [3.05, 3.63) is 47.7 Å². The molecule has 1 aromatic carbocycles. The summed E-state index contributed by atoms with van der Waals surface area (Å²) in [4.78, 5) is 0. The summed E-state index contributed by atoms with van der Waals surface area (Å²) in [6, 6.07) is 9.69. The number of hydrogen-bond donors (Lipinski definition) is 0. The average Bonchev–Trinajstić information content (AvgIpc) is 2.05. The molecule has 1 nitrogen and oxygen atoms in total. The Morgan fingerprint density at radius 1 is 1.27 bits per heavy atom. The van der Waals surface area contributed by atoms with Crippen molar-refractivity contribution in [3.8, 4) is 0 Å². The van der Waals surface area contributed by atoms with Crippen molar-refractivity contribution in [1.82, 2.24) is 0 Å². The molecule has 0 fully saturated rings. The maximum absolute atomic E-state index is 7.42. The van der Waals surface area contributed by atoms with Crippen LogP contribution in [0.1, 0.15) is 12.5 Å². The van der Waals surface area contributed by atoms with Crippen LogP contribution in [0.25, 0.3) is 11.4 Å². The third-order valence-corrected chi connectivity index (χ3v) is 1.37. The van der Waals surface area contributed by atoms with E-state index in [4.69, 9.17) is 5.73 Å². The SMILES string of the molecule is C/C=C(/[NH-])c1ccccc1.[Ac]. The van der Waals surface area contributed by atoms with Crippen LogP contribution < -0.4 is 0 Å². The third kappa shape index (κ3) is 3.40. The van der Waals surface area contributed by atoms with Crippen molar-refractivity contribution in [3.63, 3.8) is 0 Å². The van der Waals surface area contributed by atoms with Crippen molar-refractivity contribution in [2.24, 2.45) is 0 Å². The number of hydrogen-bond acceptors (Lipinski definition) is 0. The van der Waals surface area contributed by atoms with Crippen LogP contribution in [0.3, 0.4) is 0 Å². The van der Waals surface area contributed by atoms with Gasteiger partial charge in [0.15, 0.2) is 0 Å². The first kappa shape index (κ1) is 11.2. The molecule has 0 saturated heterocycles. The normalized spacial score (nSPS) is 10.5. The van der Waals surface area contributed by atoms with E-state index in [2.05, 4.69) is 0 Å². The van der Waals surface area contributed by atoms with E-state index in [1.54, 1.807) is 6.08 Å². The van der Waals surface area contributed by atoms with Gasteiger partial charge in [-0.15, -0.1) is 11.8 Å². The molecule has 0 saturated carbocycles. The van der Waals surface area contributed by atoms with Gasteiger partial charge in [-0.25, -0.2) is 0 Å². The van der Waals surface area contributed by atoms with Gasteiger partial charge in [0.05, 0.1) is 0 Å². The summed E-state index contributed by atoms with van der Waals surface area (Å²) in [7, 11) is 0. The summed E-state index contributed by atoms with van der Waals surface area (Å²) >= 11 is 0. The number of benzene rings is 1. The van der Waals surface area contributed by atoms with Gasteiger partial charge in [-0.05, 0) is 12.5 Å². The van der Waals surface area contributed by atoms with Crippen molar-refractivity contribution in [1.29, 1.82) is 0 Å². The van der Waals surface area contributed by atoms with Gasteiger partial charge in [0, 0.05) is 44.1 Å². The Balaban J connectivity index is 0.000001000. The van der Waals surface area contributed by atoms with Crippen molar-refractivity contribution < 1.29 is 44.1 Å². The van der Waals surface area contributed by atoms with Crippen molar-refractivity contribution in [2.45, 2.75) is 6.92 Å². The second-order valence-electron chi connectivity index (χ2n) is 2.07. The molecule has 1 rings (SSSR count). The topological polar surface area (TPSA) is 23.8 Å². The largest absolute Gasteiger partial charge is 0.699 e. The Kier molecular flexibility index (Phi) is 5.91. The molecule has 0 spiro atoms. The quantitative estimate of drug-likeness (QED) is 0.736. The van der Waals surface area contributed by atoms with Crippen molar-refractivity contribution in [2.75, 3.05) is 0 Å². The molecule has 55 valence electrons. The second kappa shape index (κ2) is 5.80. The van der Waals surface area contributed by atoms with Crippen LogP contribution in [-0.2, 0) is 0 Å². The van der Waals surface area contributed by atoms with Gasteiger partial charge in [-0.1, -0.05) is 30.3 Å². The van der Waals surface area contributed by atoms with Crippen LogP contribution in [0.4, 0.5) is 0 Å². The molecule has 1 aromatic rings.